The van der Waals surface area contributed by atoms with E-state index in [9.17, 15) is 9.90 Å². The predicted molar refractivity (Wildman–Crippen MR) is 118 cm³/mol. The zero-order chi connectivity index (χ0) is 21.0. The zero-order valence-electron chi connectivity index (χ0n) is 17.9. The second-order valence-electron chi connectivity index (χ2n) is 8.55. The minimum absolute atomic E-state index is 0.228. The van der Waals surface area contributed by atoms with Crippen LogP contribution >= 0.6 is 11.6 Å². The van der Waals surface area contributed by atoms with Gasteiger partial charge in [-0.15, -0.1) is 0 Å². The molecule has 0 spiro atoms. The lowest BCUT2D eigenvalue weighted by Crippen LogP contribution is -2.54. The maximum Gasteiger partial charge on any atom is 0.226 e. The van der Waals surface area contributed by atoms with Crippen LogP contribution in [0.4, 0.5) is 5.69 Å². The van der Waals surface area contributed by atoms with E-state index in [2.05, 4.69) is 34.3 Å². The second kappa shape index (κ2) is 10.1. The van der Waals surface area contributed by atoms with Crippen LogP contribution in [-0.4, -0.2) is 66.3 Å². The van der Waals surface area contributed by atoms with Gasteiger partial charge in [-0.2, -0.15) is 0 Å². The van der Waals surface area contributed by atoms with Crippen molar-refractivity contribution in [1.82, 2.24) is 15.1 Å². The van der Waals surface area contributed by atoms with Gasteiger partial charge < -0.3 is 20.6 Å². The molecular weight excluding hydrogens is 388 g/mol. The number of nitrogens with one attached hydrogen (secondary N) is 2. The van der Waals surface area contributed by atoms with Crippen molar-refractivity contribution in [2.45, 2.75) is 58.3 Å². The Morgan fingerprint density at radius 1 is 1.31 bits per heavy atom. The number of aliphatic hydroxyl groups is 1. The highest BCUT2D eigenvalue weighted by Gasteiger charge is 2.33. The molecule has 0 radical (unpaired) electrons. The minimum atomic E-state index is -0.671. The van der Waals surface area contributed by atoms with Crippen LogP contribution in [0.5, 0.6) is 0 Å². The van der Waals surface area contributed by atoms with E-state index in [0.29, 0.717) is 17.5 Å². The Hall–Kier alpha value is -1.34. The molecule has 1 saturated heterocycles. The number of hydrogen-bond acceptors (Lipinski definition) is 5. The molecule has 1 saturated carbocycles. The molecule has 162 valence electrons. The van der Waals surface area contributed by atoms with Crippen molar-refractivity contribution in [2.75, 3.05) is 38.5 Å². The lowest BCUT2D eigenvalue weighted by Gasteiger charge is -2.41. The van der Waals surface area contributed by atoms with Crippen LogP contribution < -0.4 is 10.6 Å². The van der Waals surface area contributed by atoms with Crippen molar-refractivity contribution in [3.8, 4) is 0 Å². The molecule has 29 heavy (non-hydrogen) atoms. The van der Waals surface area contributed by atoms with Gasteiger partial charge in [0.1, 0.15) is 6.23 Å². The highest BCUT2D eigenvalue weighted by molar-refractivity contribution is 6.31. The predicted octanol–water partition coefficient (Wildman–Crippen LogP) is 2.82. The fourth-order valence-electron chi connectivity index (χ4n) is 4.63. The summed E-state index contributed by atoms with van der Waals surface area (Å²) in [6, 6.07) is 4.10. The van der Waals surface area contributed by atoms with Crippen LogP contribution in [0.2, 0.25) is 5.02 Å². The minimum Gasteiger partial charge on any atom is -0.372 e. The van der Waals surface area contributed by atoms with Crippen LogP contribution in [0, 0.1) is 12.8 Å². The van der Waals surface area contributed by atoms with Gasteiger partial charge in [-0.05, 0) is 57.0 Å². The number of hydrogen-bond donors (Lipinski definition) is 3. The number of piperazine rings is 1. The fraction of sp³-hybridized carbons (Fsp3) is 0.682. The summed E-state index contributed by atoms with van der Waals surface area (Å²) in [5, 5.41) is 16.8. The largest absolute Gasteiger partial charge is 0.372 e. The number of nitrogens with zero attached hydrogens (tertiary/aromatic N) is 2. The molecule has 0 bridgehead atoms. The van der Waals surface area contributed by atoms with Crippen molar-refractivity contribution >= 4 is 23.2 Å². The van der Waals surface area contributed by atoms with Crippen LogP contribution in [-0.2, 0) is 11.3 Å². The molecule has 2 atom stereocenters. The van der Waals surface area contributed by atoms with Gasteiger partial charge in [0.15, 0.2) is 0 Å². The SMILES string of the molecule is CNCC(O)Nc1cc(Cl)cc(CN2CCN(C(=O)C3CCCC3)[C@@H](C)C2)c1C. The van der Waals surface area contributed by atoms with Crippen molar-refractivity contribution in [2.24, 2.45) is 5.92 Å². The summed E-state index contributed by atoms with van der Waals surface area (Å²) in [4.78, 5) is 17.3. The number of carbonyl (C=O) groups is 1. The molecule has 1 aliphatic carbocycles. The fourth-order valence-corrected chi connectivity index (χ4v) is 4.87. The molecule has 2 fully saturated rings. The molecule has 0 aromatic heterocycles. The molecule has 1 aromatic rings. The Labute approximate surface area is 179 Å². The van der Waals surface area contributed by atoms with Gasteiger partial charge in [0.2, 0.25) is 5.91 Å². The van der Waals surface area contributed by atoms with Gasteiger partial charge in [-0.1, -0.05) is 24.4 Å². The standard InChI is InChI=1S/C22H35ClN4O2/c1-15-13-26(8-9-27(15)22(29)17-6-4-5-7-17)14-18-10-19(23)11-20(16(18)2)25-21(28)12-24-3/h10-11,15,17,21,24-25,28H,4-9,12-14H2,1-3H3/t15-,21?/m0/s1. The van der Waals surface area contributed by atoms with E-state index in [0.717, 1.165) is 55.8 Å². The molecule has 7 heteroatoms. The first kappa shape index (κ1) is 22.3. The Morgan fingerprint density at radius 2 is 2.03 bits per heavy atom. The lowest BCUT2D eigenvalue weighted by molar-refractivity contribution is -0.140. The number of amides is 1. The van der Waals surface area contributed by atoms with Gasteiger partial charge in [0, 0.05) is 55.4 Å². The maximum atomic E-state index is 12.8. The number of anilines is 1. The molecule has 1 amide bonds. The Morgan fingerprint density at radius 3 is 2.69 bits per heavy atom. The summed E-state index contributed by atoms with van der Waals surface area (Å²) in [7, 11) is 1.80. The molecule has 1 heterocycles. The van der Waals surface area contributed by atoms with Crippen LogP contribution in [0.15, 0.2) is 12.1 Å². The van der Waals surface area contributed by atoms with Gasteiger partial charge in [0.25, 0.3) is 0 Å². The maximum absolute atomic E-state index is 12.8. The normalized spacial score (nSPS) is 22.1. The van der Waals surface area contributed by atoms with Gasteiger partial charge >= 0.3 is 0 Å². The Kier molecular flexibility index (Phi) is 7.79. The summed E-state index contributed by atoms with van der Waals surface area (Å²) in [5.41, 5.74) is 3.11. The smallest absolute Gasteiger partial charge is 0.226 e. The van der Waals surface area contributed by atoms with E-state index in [1.165, 1.54) is 12.8 Å². The van der Waals surface area contributed by atoms with E-state index in [-0.39, 0.29) is 12.0 Å². The van der Waals surface area contributed by atoms with E-state index >= 15 is 0 Å². The molecule has 3 rings (SSSR count). The van der Waals surface area contributed by atoms with Crippen LogP contribution in [0.25, 0.3) is 0 Å². The van der Waals surface area contributed by atoms with Crippen molar-refractivity contribution in [3.05, 3.63) is 28.3 Å². The average Bonchev–Trinajstić information content (AvgIpc) is 3.20. The number of carbonyl (C=O) groups excluding carboxylic acids is 1. The van der Waals surface area contributed by atoms with E-state index in [1.807, 2.05) is 12.1 Å². The van der Waals surface area contributed by atoms with Gasteiger partial charge in [0.05, 0.1) is 0 Å². The molecular formula is C22H35ClN4O2. The van der Waals surface area contributed by atoms with Crippen LogP contribution in [0.3, 0.4) is 0 Å². The molecule has 1 aliphatic heterocycles. The molecule has 2 aliphatic rings. The summed E-state index contributed by atoms with van der Waals surface area (Å²) >= 11 is 6.36. The monoisotopic (exact) mass is 422 g/mol. The Bertz CT molecular complexity index is 708. The lowest BCUT2D eigenvalue weighted by atomic mass is 10.0. The zero-order valence-corrected chi connectivity index (χ0v) is 18.6. The summed E-state index contributed by atoms with van der Waals surface area (Å²) in [6.07, 6.45) is 3.83. The summed E-state index contributed by atoms with van der Waals surface area (Å²) < 4.78 is 0. The first-order valence-corrected chi connectivity index (χ1v) is 11.2. The second-order valence-corrected chi connectivity index (χ2v) is 8.99. The number of halogens is 1. The first-order chi connectivity index (χ1) is 13.9. The van der Waals surface area contributed by atoms with E-state index in [1.54, 1.807) is 7.05 Å². The van der Waals surface area contributed by atoms with E-state index in [4.69, 9.17) is 11.6 Å². The summed E-state index contributed by atoms with van der Waals surface area (Å²) in [6.45, 7) is 8.00. The van der Waals surface area contributed by atoms with Crippen molar-refractivity contribution in [1.29, 1.82) is 0 Å². The van der Waals surface area contributed by atoms with Gasteiger partial charge in [-0.3, -0.25) is 9.69 Å². The number of benzene rings is 1. The third-order valence-corrected chi connectivity index (χ3v) is 6.51. The quantitative estimate of drug-likeness (QED) is 0.589. The highest BCUT2D eigenvalue weighted by Crippen LogP contribution is 2.29. The topological polar surface area (TPSA) is 67.8 Å². The number of rotatable bonds is 7. The average molecular weight is 423 g/mol. The van der Waals surface area contributed by atoms with Crippen molar-refractivity contribution < 1.29 is 9.90 Å². The molecule has 6 nitrogen and oxygen atoms in total. The first-order valence-electron chi connectivity index (χ1n) is 10.8. The highest BCUT2D eigenvalue weighted by atomic mass is 35.5. The van der Waals surface area contributed by atoms with Crippen LogP contribution in [0.1, 0.15) is 43.7 Å². The van der Waals surface area contributed by atoms with Gasteiger partial charge in [-0.25, -0.2) is 0 Å². The molecule has 1 aromatic carbocycles. The Balaban J connectivity index is 1.63. The molecule has 3 N–H and O–H groups in total. The molecule has 1 unspecified atom stereocenters. The van der Waals surface area contributed by atoms with E-state index < -0.39 is 6.23 Å². The summed E-state index contributed by atoms with van der Waals surface area (Å²) in [5.74, 6) is 0.607. The number of aliphatic hydroxyl groups excluding tert-OH is 1. The number of likely N-dealkylation sites (N-methyl/N-ethyl adjacent to an activating group) is 1. The van der Waals surface area contributed by atoms with Crippen molar-refractivity contribution in [3.63, 3.8) is 0 Å². The third kappa shape index (κ3) is 5.63. The third-order valence-electron chi connectivity index (χ3n) is 6.29.